The predicted molar refractivity (Wildman–Crippen MR) is 111 cm³/mol. The van der Waals surface area contributed by atoms with E-state index in [1.54, 1.807) is 11.1 Å². The second-order valence-electron chi connectivity index (χ2n) is 7.17. The lowest BCUT2D eigenvalue weighted by Gasteiger charge is -2.35. The van der Waals surface area contributed by atoms with Crippen LogP contribution >= 0.6 is 0 Å². The number of nitrogens with zero attached hydrogens (tertiary/aromatic N) is 6. The van der Waals surface area contributed by atoms with E-state index < -0.39 is 5.82 Å². The molecule has 9 heteroatoms. The monoisotopic (exact) mass is 407 g/mol. The molecule has 154 valence electrons. The van der Waals surface area contributed by atoms with Crippen molar-refractivity contribution in [3.05, 3.63) is 65.6 Å². The molecule has 1 amide bonds. The maximum absolute atomic E-state index is 13.4. The highest BCUT2D eigenvalue weighted by molar-refractivity contribution is 5.94. The zero-order valence-electron chi connectivity index (χ0n) is 16.8. The molecule has 1 aliphatic rings. The average molecular weight is 407 g/mol. The van der Waals surface area contributed by atoms with Gasteiger partial charge in [0.2, 0.25) is 0 Å². The third-order valence-corrected chi connectivity index (χ3v) is 4.84. The van der Waals surface area contributed by atoms with Gasteiger partial charge in [-0.15, -0.1) is 0 Å². The number of carbonyl (C=O) groups excluding carboxylic acids is 1. The maximum atomic E-state index is 13.4. The second kappa shape index (κ2) is 8.40. The van der Waals surface area contributed by atoms with Crippen molar-refractivity contribution in [2.75, 3.05) is 36.4 Å². The lowest BCUT2D eigenvalue weighted by Crippen LogP contribution is -2.49. The molecular weight excluding hydrogens is 385 g/mol. The first kappa shape index (κ1) is 19.7. The van der Waals surface area contributed by atoms with E-state index in [-0.39, 0.29) is 11.5 Å². The molecule has 1 N–H and O–H groups in total. The van der Waals surface area contributed by atoms with Gasteiger partial charge in [-0.3, -0.25) is 9.78 Å². The number of anilines is 3. The standard InChI is InChI=1S/C21H22FN7O/c1-14-3-4-24-18(9-14)27-19-11-20(26-15(2)25-19)28-5-7-29(8-6-28)21(30)16-10-17(22)13-23-12-16/h3-4,9-13H,5-8H2,1-2H3,(H,24,25,26,27). The van der Waals surface area contributed by atoms with Crippen LogP contribution in [0.4, 0.5) is 21.8 Å². The first-order valence-corrected chi connectivity index (χ1v) is 9.68. The highest BCUT2D eigenvalue weighted by atomic mass is 19.1. The number of aryl methyl sites for hydroxylation is 2. The number of hydrogen-bond donors (Lipinski definition) is 1. The molecule has 0 aliphatic carbocycles. The Morgan fingerprint density at radius 3 is 2.57 bits per heavy atom. The minimum Gasteiger partial charge on any atom is -0.353 e. The summed E-state index contributed by atoms with van der Waals surface area (Å²) in [6, 6.07) is 6.98. The molecule has 0 atom stereocenters. The van der Waals surface area contributed by atoms with Crippen molar-refractivity contribution in [2.45, 2.75) is 13.8 Å². The predicted octanol–water partition coefficient (Wildman–Crippen LogP) is 2.73. The summed E-state index contributed by atoms with van der Waals surface area (Å²) < 4.78 is 13.4. The summed E-state index contributed by atoms with van der Waals surface area (Å²) in [6.07, 6.45) is 4.23. The van der Waals surface area contributed by atoms with Crippen molar-refractivity contribution in [1.82, 2.24) is 24.8 Å². The molecule has 30 heavy (non-hydrogen) atoms. The highest BCUT2D eigenvalue weighted by Gasteiger charge is 2.24. The van der Waals surface area contributed by atoms with Crippen molar-refractivity contribution in [3.63, 3.8) is 0 Å². The lowest BCUT2D eigenvalue weighted by molar-refractivity contribution is 0.0745. The van der Waals surface area contributed by atoms with Gasteiger partial charge in [-0.2, -0.15) is 0 Å². The van der Waals surface area contributed by atoms with Crippen LogP contribution in [0.3, 0.4) is 0 Å². The molecule has 3 aromatic heterocycles. The Kier molecular flexibility index (Phi) is 5.51. The van der Waals surface area contributed by atoms with Crippen LogP contribution in [0.15, 0.2) is 42.9 Å². The van der Waals surface area contributed by atoms with Gasteiger partial charge in [-0.1, -0.05) is 0 Å². The summed E-state index contributed by atoms with van der Waals surface area (Å²) >= 11 is 0. The number of hydrogen-bond acceptors (Lipinski definition) is 7. The summed E-state index contributed by atoms with van der Waals surface area (Å²) in [5, 5.41) is 3.22. The van der Waals surface area contributed by atoms with Crippen LogP contribution in [-0.4, -0.2) is 56.9 Å². The molecule has 4 heterocycles. The molecule has 0 aromatic carbocycles. The normalized spacial score (nSPS) is 14.0. The first-order valence-electron chi connectivity index (χ1n) is 9.68. The van der Waals surface area contributed by atoms with E-state index in [4.69, 9.17) is 0 Å². The zero-order chi connectivity index (χ0) is 21.1. The summed E-state index contributed by atoms with van der Waals surface area (Å²) in [7, 11) is 0. The summed E-state index contributed by atoms with van der Waals surface area (Å²) in [4.78, 5) is 33.5. The van der Waals surface area contributed by atoms with Crippen LogP contribution in [0.2, 0.25) is 0 Å². The van der Waals surface area contributed by atoms with Gasteiger partial charge < -0.3 is 15.1 Å². The number of halogens is 1. The van der Waals surface area contributed by atoms with Gasteiger partial charge in [0.1, 0.15) is 29.1 Å². The number of pyridine rings is 2. The van der Waals surface area contributed by atoms with Gasteiger partial charge in [0.05, 0.1) is 11.8 Å². The van der Waals surface area contributed by atoms with Crippen molar-refractivity contribution in [2.24, 2.45) is 0 Å². The Morgan fingerprint density at radius 2 is 1.83 bits per heavy atom. The van der Waals surface area contributed by atoms with E-state index in [2.05, 4.69) is 30.2 Å². The molecule has 1 aliphatic heterocycles. The van der Waals surface area contributed by atoms with Gasteiger partial charge in [-0.05, 0) is 37.6 Å². The van der Waals surface area contributed by atoms with Crippen LogP contribution in [0.1, 0.15) is 21.7 Å². The Balaban J connectivity index is 1.44. The van der Waals surface area contributed by atoms with Gasteiger partial charge in [0.15, 0.2) is 0 Å². The van der Waals surface area contributed by atoms with Crippen molar-refractivity contribution in [1.29, 1.82) is 0 Å². The number of amides is 1. The number of nitrogens with one attached hydrogen (secondary N) is 1. The van der Waals surface area contributed by atoms with Gasteiger partial charge in [-0.25, -0.2) is 19.3 Å². The van der Waals surface area contributed by atoms with Crippen molar-refractivity contribution >= 4 is 23.4 Å². The van der Waals surface area contributed by atoms with Gasteiger partial charge >= 0.3 is 0 Å². The fourth-order valence-corrected chi connectivity index (χ4v) is 3.36. The van der Waals surface area contributed by atoms with Crippen LogP contribution in [-0.2, 0) is 0 Å². The van der Waals surface area contributed by atoms with E-state index in [1.807, 2.05) is 32.0 Å². The highest BCUT2D eigenvalue weighted by Crippen LogP contribution is 2.21. The van der Waals surface area contributed by atoms with Crippen LogP contribution in [0.25, 0.3) is 0 Å². The summed E-state index contributed by atoms with van der Waals surface area (Å²) in [5.74, 6) is 2.09. The molecule has 8 nitrogen and oxygen atoms in total. The van der Waals surface area contributed by atoms with Crippen LogP contribution in [0.5, 0.6) is 0 Å². The summed E-state index contributed by atoms with van der Waals surface area (Å²) in [6.45, 7) is 6.11. The quantitative estimate of drug-likeness (QED) is 0.712. The van der Waals surface area contributed by atoms with E-state index in [0.717, 1.165) is 23.4 Å². The molecule has 4 rings (SSSR count). The van der Waals surface area contributed by atoms with E-state index in [9.17, 15) is 9.18 Å². The lowest BCUT2D eigenvalue weighted by atomic mass is 10.2. The zero-order valence-corrected chi connectivity index (χ0v) is 16.8. The van der Waals surface area contributed by atoms with E-state index >= 15 is 0 Å². The maximum Gasteiger partial charge on any atom is 0.255 e. The molecule has 3 aromatic rings. The molecule has 1 saturated heterocycles. The minimum atomic E-state index is -0.515. The molecule has 1 fully saturated rings. The van der Waals surface area contributed by atoms with Crippen LogP contribution in [0, 0.1) is 19.7 Å². The topological polar surface area (TPSA) is 87.1 Å². The fourth-order valence-electron chi connectivity index (χ4n) is 3.36. The smallest absolute Gasteiger partial charge is 0.255 e. The molecule has 0 radical (unpaired) electrons. The first-order chi connectivity index (χ1) is 14.5. The van der Waals surface area contributed by atoms with E-state index in [1.165, 1.54) is 12.3 Å². The Hall–Kier alpha value is -3.62. The van der Waals surface area contributed by atoms with Crippen molar-refractivity contribution < 1.29 is 9.18 Å². The molecule has 0 bridgehead atoms. The molecule has 0 saturated carbocycles. The van der Waals surface area contributed by atoms with Crippen LogP contribution < -0.4 is 10.2 Å². The number of piperazine rings is 1. The Labute approximate surface area is 173 Å². The molecule has 0 unspecified atom stereocenters. The molecular formula is C21H22FN7O. The third-order valence-electron chi connectivity index (χ3n) is 4.84. The Bertz CT molecular complexity index is 1070. The SMILES string of the molecule is Cc1ccnc(Nc2cc(N3CCN(C(=O)c4cncc(F)c4)CC3)nc(C)n2)c1. The second-order valence-corrected chi connectivity index (χ2v) is 7.17. The third kappa shape index (κ3) is 4.51. The minimum absolute atomic E-state index is 0.214. The van der Waals surface area contributed by atoms with Gasteiger partial charge in [0.25, 0.3) is 5.91 Å². The Morgan fingerprint density at radius 1 is 1.03 bits per heavy atom. The van der Waals surface area contributed by atoms with Crippen molar-refractivity contribution in [3.8, 4) is 0 Å². The number of rotatable bonds is 4. The number of carbonyl (C=O) groups is 1. The average Bonchev–Trinajstić information content (AvgIpc) is 2.73. The largest absolute Gasteiger partial charge is 0.353 e. The van der Waals surface area contributed by atoms with E-state index in [0.29, 0.717) is 37.8 Å². The summed E-state index contributed by atoms with van der Waals surface area (Å²) in [5.41, 5.74) is 1.37. The number of aromatic nitrogens is 4. The molecule has 0 spiro atoms. The fraction of sp³-hybridized carbons (Fsp3) is 0.286. The van der Waals surface area contributed by atoms with Gasteiger partial charge in [0, 0.05) is 44.6 Å².